The van der Waals surface area contributed by atoms with Gasteiger partial charge >= 0.3 is 5.97 Å². The highest BCUT2D eigenvalue weighted by Crippen LogP contribution is 2.31. The first kappa shape index (κ1) is 17.0. The molecule has 1 aliphatic heterocycles. The molecule has 1 aromatic carbocycles. The van der Waals surface area contributed by atoms with Crippen molar-refractivity contribution >= 4 is 28.4 Å². The van der Waals surface area contributed by atoms with Gasteiger partial charge in [-0.1, -0.05) is 0 Å². The largest absolute Gasteiger partial charge is 0.478 e. The van der Waals surface area contributed by atoms with Crippen LogP contribution in [0.5, 0.6) is 0 Å². The van der Waals surface area contributed by atoms with E-state index in [0.29, 0.717) is 12.0 Å². The molecule has 0 radical (unpaired) electrons. The molecule has 3 aromatic rings. The van der Waals surface area contributed by atoms with Crippen molar-refractivity contribution in [3.05, 3.63) is 36.2 Å². The standard InChI is InChI=1S/C20H22N6O2/c27-19(28)13-11-21-26(12-13)20-23-17-7-6-15(25-8-2-1-3-9-25)10-16(17)18(24-20)22-14-4-5-14/h6-7,10-12,14H,1-5,8-9H2,(H,27,28)(H,22,23,24). The lowest BCUT2D eigenvalue weighted by Gasteiger charge is -2.29. The Morgan fingerprint density at radius 2 is 1.96 bits per heavy atom. The number of fused-ring (bicyclic) bond motifs is 1. The van der Waals surface area contributed by atoms with Gasteiger partial charge in [-0.2, -0.15) is 10.1 Å². The maximum absolute atomic E-state index is 11.2. The molecule has 2 N–H and O–H groups in total. The molecule has 2 aromatic heterocycles. The van der Waals surface area contributed by atoms with Gasteiger partial charge in [-0.25, -0.2) is 14.5 Å². The third-order valence-corrected chi connectivity index (χ3v) is 5.34. The Kier molecular flexibility index (Phi) is 4.11. The van der Waals surface area contributed by atoms with E-state index in [4.69, 9.17) is 5.11 Å². The molecule has 5 rings (SSSR count). The zero-order valence-corrected chi connectivity index (χ0v) is 15.5. The van der Waals surface area contributed by atoms with Gasteiger partial charge in [0.25, 0.3) is 5.95 Å². The van der Waals surface area contributed by atoms with Crippen LogP contribution in [0.25, 0.3) is 16.9 Å². The smallest absolute Gasteiger partial charge is 0.338 e. The summed E-state index contributed by atoms with van der Waals surface area (Å²) in [5.41, 5.74) is 2.14. The van der Waals surface area contributed by atoms with Crippen LogP contribution in [0.4, 0.5) is 11.5 Å². The van der Waals surface area contributed by atoms with E-state index in [2.05, 4.69) is 37.4 Å². The number of nitrogens with zero attached hydrogens (tertiary/aromatic N) is 5. The Morgan fingerprint density at radius 1 is 1.14 bits per heavy atom. The Balaban J connectivity index is 1.58. The zero-order chi connectivity index (χ0) is 19.1. The highest BCUT2D eigenvalue weighted by atomic mass is 16.4. The quantitative estimate of drug-likeness (QED) is 0.704. The Labute approximate surface area is 162 Å². The fourth-order valence-electron chi connectivity index (χ4n) is 3.63. The summed E-state index contributed by atoms with van der Waals surface area (Å²) < 4.78 is 1.42. The average Bonchev–Trinajstić information content (AvgIpc) is 3.39. The molecule has 1 aliphatic carbocycles. The molecule has 8 nitrogen and oxygen atoms in total. The molecule has 144 valence electrons. The van der Waals surface area contributed by atoms with Gasteiger partial charge in [0.15, 0.2) is 0 Å². The lowest BCUT2D eigenvalue weighted by atomic mass is 10.1. The van der Waals surface area contributed by atoms with E-state index in [1.807, 2.05) is 6.07 Å². The van der Waals surface area contributed by atoms with Crippen molar-refractivity contribution < 1.29 is 9.90 Å². The molecule has 2 aliphatic rings. The molecule has 0 unspecified atom stereocenters. The molecule has 0 spiro atoms. The first-order chi connectivity index (χ1) is 13.7. The van der Waals surface area contributed by atoms with Gasteiger partial charge in [0, 0.05) is 36.4 Å². The van der Waals surface area contributed by atoms with Crippen LogP contribution in [-0.4, -0.2) is 50.0 Å². The summed E-state index contributed by atoms with van der Waals surface area (Å²) in [5.74, 6) is 0.136. The van der Waals surface area contributed by atoms with Crippen LogP contribution in [0, 0.1) is 0 Å². The first-order valence-electron chi connectivity index (χ1n) is 9.79. The molecule has 0 amide bonds. The van der Waals surface area contributed by atoms with Crippen molar-refractivity contribution in [2.75, 3.05) is 23.3 Å². The van der Waals surface area contributed by atoms with Gasteiger partial charge in [0.05, 0.1) is 17.3 Å². The van der Waals surface area contributed by atoms with Crippen molar-refractivity contribution in [2.24, 2.45) is 0 Å². The summed E-state index contributed by atoms with van der Waals surface area (Å²) in [6, 6.07) is 6.74. The molecule has 2 fully saturated rings. The van der Waals surface area contributed by atoms with E-state index in [9.17, 15) is 4.79 Å². The molecular formula is C20H22N6O2. The summed E-state index contributed by atoms with van der Waals surface area (Å²) in [4.78, 5) is 22.9. The third-order valence-electron chi connectivity index (χ3n) is 5.34. The maximum atomic E-state index is 11.2. The Morgan fingerprint density at radius 3 is 2.68 bits per heavy atom. The summed E-state index contributed by atoms with van der Waals surface area (Å²) in [7, 11) is 0. The number of hydrogen-bond acceptors (Lipinski definition) is 6. The number of nitrogens with one attached hydrogen (secondary N) is 1. The van der Waals surface area contributed by atoms with Gasteiger partial charge in [0.1, 0.15) is 5.82 Å². The van der Waals surface area contributed by atoms with Crippen LogP contribution < -0.4 is 10.2 Å². The molecular weight excluding hydrogens is 356 g/mol. The molecule has 28 heavy (non-hydrogen) atoms. The lowest BCUT2D eigenvalue weighted by molar-refractivity contribution is 0.0697. The SMILES string of the molecule is O=C(O)c1cnn(-c2nc(NC3CC3)c3cc(N4CCCCC4)ccc3n2)c1. The lowest BCUT2D eigenvalue weighted by Crippen LogP contribution is -2.29. The van der Waals surface area contributed by atoms with Gasteiger partial charge in [0.2, 0.25) is 0 Å². The maximum Gasteiger partial charge on any atom is 0.338 e. The number of carbonyl (C=O) groups is 1. The highest BCUT2D eigenvalue weighted by Gasteiger charge is 2.24. The van der Waals surface area contributed by atoms with Crippen LogP contribution in [0.3, 0.4) is 0 Å². The van der Waals surface area contributed by atoms with E-state index in [1.165, 1.54) is 42.0 Å². The number of aromatic carboxylic acids is 1. The van der Waals surface area contributed by atoms with E-state index in [-0.39, 0.29) is 5.56 Å². The van der Waals surface area contributed by atoms with Gasteiger partial charge in [-0.3, -0.25) is 0 Å². The molecule has 0 bridgehead atoms. The number of carboxylic acids is 1. The van der Waals surface area contributed by atoms with Crippen LogP contribution in [-0.2, 0) is 0 Å². The van der Waals surface area contributed by atoms with Crippen LogP contribution in [0.2, 0.25) is 0 Å². The van der Waals surface area contributed by atoms with E-state index in [0.717, 1.165) is 42.7 Å². The number of piperidine rings is 1. The second-order valence-corrected chi connectivity index (χ2v) is 7.52. The normalized spacial score (nSPS) is 17.1. The fourth-order valence-corrected chi connectivity index (χ4v) is 3.63. The molecule has 1 saturated carbocycles. The van der Waals surface area contributed by atoms with Gasteiger partial charge in [-0.15, -0.1) is 0 Å². The Bertz CT molecular complexity index is 1040. The minimum Gasteiger partial charge on any atom is -0.478 e. The van der Waals surface area contributed by atoms with Crippen molar-refractivity contribution in [1.82, 2.24) is 19.7 Å². The fraction of sp³-hybridized carbons (Fsp3) is 0.400. The minimum absolute atomic E-state index is 0.112. The monoisotopic (exact) mass is 378 g/mol. The predicted molar refractivity (Wildman–Crippen MR) is 106 cm³/mol. The molecule has 8 heteroatoms. The van der Waals surface area contributed by atoms with E-state index >= 15 is 0 Å². The van der Waals surface area contributed by atoms with Crippen LogP contribution in [0.1, 0.15) is 42.5 Å². The molecule has 0 atom stereocenters. The van der Waals surface area contributed by atoms with Crippen molar-refractivity contribution in [3.63, 3.8) is 0 Å². The molecule has 3 heterocycles. The zero-order valence-electron chi connectivity index (χ0n) is 15.5. The third kappa shape index (κ3) is 3.26. The number of rotatable bonds is 5. The van der Waals surface area contributed by atoms with Crippen LogP contribution >= 0.6 is 0 Å². The number of anilines is 2. The number of aromatic nitrogens is 4. The summed E-state index contributed by atoms with van der Waals surface area (Å²) >= 11 is 0. The van der Waals surface area contributed by atoms with Gasteiger partial charge in [-0.05, 0) is 50.3 Å². The van der Waals surface area contributed by atoms with Gasteiger partial charge < -0.3 is 15.3 Å². The predicted octanol–water partition coefficient (Wildman–Crippen LogP) is 3.08. The summed E-state index contributed by atoms with van der Waals surface area (Å²) in [5, 5.41) is 17.7. The molecule has 1 saturated heterocycles. The number of benzene rings is 1. The van der Waals surface area contributed by atoms with Crippen molar-refractivity contribution in [3.8, 4) is 5.95 Å². The second-order valence-electron chi connectivity index (χ2n) is 7.52. The van der Waals surface area contributed by atoms with E-state index < -0.39 is 5.97 Å². The summed E-state index contributed by atoms with van der Waals surface area (Å²) in [6.45, 7) is 2.17. The first-order valence-corrected chi connectivity index (χ1v) is 9.79. The topological polar surface area (TPSA) is 96.2 Å². The second kappa shape index (κ2) is 6.78. The van der Waals surface area contributed by atoms with E-state index in [1.54, 1.807) is 0 Å². The minimum atomic E-state index is -1.02. The van der Waals surface area contributed by atoms with Crippen LogP contribution in [0.15, 0.2) is 30.6 Å². The highest BCUT2D eigenvalue weighted by molar-refractivity contribution is 5.92. The number of carboxylic acid groups (broad SMARTS) is 1. The number of hydrogen-bond donors (Lipinski definition) is 2. The summed E-state index contributed by atoms with van der Waals surface area (Å²) in [6.07, 6.45) is 8.77. The van der Waals surface area contributed by atoms with Crippen molar-refractivity contribution in [2.45, 2.75) is 38.1 Å². The Hall–Kier alpha value is -3.16. The average molecular weight is 378 g/mol. The van der Waals surface area contributed by atoms with Crippen molar-refractivity contribution in [1.29, 1.82) is 0 Å².